The Kier molecular flexibility index (Phi) is 2.77. The molecule has 1 aliphatic rings. The van der Waals surface area contributed by atoms with E-state index >= 15 is 0 Å². The number of carbonyl (C=O) groups excluding carboxylic acids is 1. The number of rotatable bonds is 1. The lowest BCUT2D eigenvalue weighted by Gasteiger charge is -2.05. The summed E-state index contributed by atoms with van der Waals surface area (Å²) in [5.74, 6) is -2.56. The van der Waals surface area contributed by atoms with Crippen LogP contribution in [0.1, 0.15) is 11.1 Å². The van der Waals surface area contributed by atoms with Gasteiger partial charge in [0.1, 0.15) is 5.76 Å². The van der Waals surface area contributed by atoms with Gasteiger partial charge >= 0.3 is 6.18 Å². The number of hydrogen-bond donors (Lipinski definition) is 1. The van der Waals surface area contributed by atoms with Crippen LogP contribution >= 0.6 is 15.9 Å². The molecule has 90 valence electrons. The normalized spacial score (nSPS) is 15.1. The van der Waals surface area contributed by atoms with E-state index in [1.807, 2.05) is 0 Å². The molecule has 0 spiro atoms. The summed E-state index contributed by atoms with van der Waals surface area (Å²) in [6.45, 7) is 0. The summed E-state index contributed by atoms with van der Waals surface area (Å²) in [4.78, 5) is 11.1. The summed E-state index contributed by atoms with van der Waals surface area (Å²) in [5.41, 5.74) is 0.191. The molecule has 0 aromatic heterocycles. The third-order valence-corrected chi connectivity index (χ3v) is 3.00. The van der Waals surface area contributed by atoms with Gasteiger partial charge in [-0.05, 0) is 23.8 Å². The maximum atomic E-state index is 12.3. The Hall–Kier alpha value is -1.30. The second kappa shape index (κ2) is 3.87. The molecule has 0 heterocycles. The van der Waals surface area contributed by atoms with Gasteiger partial charge in [-0.1, -0.05) is 15.9 Å². The molecule has 0 aliphatic heterocycles. The molecule has 17 heavy (non-hydrogen) atoms. The second-order valence-corrected chi connectivity index (χ2v) is 4.55. The monoisotopic (exact) mass is 306 g/mol. The molecule has 0 saturated carbocycles. The largest absolute Gasteiger partial charge is 0.507 e. The zero-order chi connectivity index (χ0) is 12.8. The van der Waals surface area contributed by atoms with Crippen LogP contribution in [0.4, 0.5) is 13.2 Å². The molecule has 1 N–H and O–H groups in total. The zero-order valence-corrected chi connectivity index (χ0v) is 9.89. The Balaban J connectivity index is 2.43. The Morgan fingerprint density at radius 2 is 2.00 bits per heavy atom. The molecule has 0 amide bonds. The number of halogens is 4. The van der Waals surface area contributed by atoms with Crippen molar-refractivity contribution in [1.82, 2.24) is 0 Å². The number of hydrogen-bond acceptors (Lipinski definition) is 2. The second-order valence-electron chi connectivity index (χ2n) is 3.63. The molecular formula is C11H6BrF3O2. The number of ketones is 1. The van der Waals surface area contributed by atoms with E-state index < -0.39 is 23.3 Å². The molecule has 2 nitrogen and oxygen atoms in total. The average Bonchev–Trinajstić information content (AvgIpc) is 2.53. The lowest BCUT2D eigenvalue weighted by molar-refractivity contribution is -0.166. The highest BCUT2D eigenvalue weighted by Gasteiger charge is 2.43. The van der Waals surface area contributed by atoms with Gasteiger partial charge in [-0.3, -0.25) is 4.79 Å². The molecule has 0 fully saturated rings. The van der Waals surface area contributed by atoms with E-state index in [9.17, 15) is 23.1 Å². The Labute approximate surface area is 103 Å². The number of aliphatic hydroxyl groups excluding tert-OH is 1. The van der Waals surface area contributed by atoms with Crippen molar-refractivity contribution in [2.45, 2.75) is 12.6 Å². The molecule has 0 atom stereocenters. The lowest BCUT2D eigenvalue weighted by atomic mass is 10.1. The number of fused-ring (bicyclic) bond motifs is 1. The number of Topliss-reactive ketones (excluding diaryl/α,β-unsaturated/α-hetero) is 1. The van der Waals surface area contributed by atoms with Crippen molar-refractivity contribution in [2.24, 2.45) is 0 Å². The van der Waals surface area contributed by atoms with Crippen LogP contribution in [0.5, 0.6) is 0 Å². The molecule has 0 bridgehead atoms. The minimum atomic E-state index is -4.96. The van der Waals surface area contributed by atoms with E-state index in [1.165, 1.54) is 6.07 Å². The van der Waals surface area contributed by atoms with Crippen LogP contribution in [0, 0.1) is 0 Å². The standard InChI is InChI=1S/C11H6BrF3O2/c12-6-1-2-7-5(3-6)4-8(9(7)16)10(17)11(13,14)15/h1-3,16H,4H2. The van der Waals surface area contributed by atoms with E-state index in [0.717, 1.165) is 0 Å². The van der Waals surface area contributed by atoms with Crippen LogP contribution in [0.15, 0.2) is 28.2 Å². The summed E-state index contributed by atoms with van der Waals surface area (Å²) in [7, 11) is 0. The predicted molar refractivity (Wildman–Crippen MR) is 58.5 cm³/mol. The van der Waals surface area contributed by atoms with Crippen molar-refractivity contribution in [2.75, 3.05) is 0 Å². The van der Waals surface area contributed by atoms with Crippen molar-refractivity contribution >= 4 is 27.5 Å². The van der Waals surface area contributed by atoms with Crippen molar-refractivity contribution in [3.8, 4) is 0 Å². The van der Waals surface area contributed by atoms with Gasteiger partial charge in [-0.25, -0.2) is 0 Å². The van der Waals surface area contributed by atoms with E-state index in [-0.39, 0.29) is 12.0 Å². The molecular weight excluding hydrogens is 301 g/mol. The molecule has 1 aliphatic carbocycles. The van der Waals surface area contributed by atoms with Crippen LogP contribution in [0.3, 0.4) is 0 Å². The fourth-order valence-electron chi connectivity index (χ4n) is 1.74. The first kappa shape index (κ1) is 12.2. The van der Waals surface area contributed by atoms with Gasteiger partial charge in [0.2, 0.25) is 0 Å². The molecule has 1 aromatic rings. The molecule has 2 rings (SSSR count). The molecule has 6 heteroatoms. The summed E-state index contributed by atoms with van der Waals surface area (Å²) in [6, 6.07) is 4.66. The maximum absolute atomic E-state index is 12.3. The number of alkyl halides is 3. The van der Waals surface area contributed by atoms with Crippen LogP contribution in [-0.2, 0) is 11.2 Å². The van der Waals surface area contributed by atoms with E-state index in [0.29, 0.717) is 10.0 Å². The SMILES string of the molecule is O=C(C1=C(O)c2ccc(Br)cc2C1)C(F)(F)F. The Morgan fingerprint density at radius 1 is 1.35 bits per heavy atom. The van der Waals surface area contributed by atoms with Crippen LogP contribution in [0.25, 0.3) is 5.76 Å². The Morgan fingerprint density at radius 3 is 2.59 bits per heavy atom. The minimum Gasteiger partial charge on any atom is -0.507 e. The van der Waals surface area contributed by atoms with E-state index in [1.54, 1.807) is 12.1 Å². The molecule has 0 saturated heterocycles. The fraction of sp³-hybridized carbons (Fsp3) is 0.182. The van der Waals surface area contributed by atoms with Gasteiger partial charge in [0, 0.05) is 16.5 Å². The first-order valence-corrected chi connectivity index (χ1v) is 5.42. The summed E-state index contributed by atoms with van der Waals surface area (Å²) in [6.07, 6.45) is -5.15. The van der Waals surface area contributed by atoms with Gasteiger partial charge in [0.05, 0.1) is 5.57 Å². The highest BCUT2D eigenvalue weighted by molar-refractivity contribution is 9.10. The van der Waals surface area contributed by atoms with Gasteiger partial charge < -0.3 is 5.11 Å². The van der Waals surface area contributed by atoms with Crippen LogP contribution in [0.2, 0.25) is 0 Å². The highest BCUT2D eigenvalue weighted by atomic mass is 79.9. The quantitative estimate of drug-likeness (QED) is 0.863. The fourth-order valence-corrected chi connectivity index (χ4v) is 2.14. The molecule has 0 unspecified atom stereocenters. The molecule has 0 radical (unpaired) electrons. The van der Waals surface area contributed by atoms with E-state index in [4.69, 9.17) is 0 Å². The van der Waals surface area contributed by atoms with Gasteiger partial charge in [-0.2, -0.15) is 13.2 Å². The lowest BCUT2D eigenvalue weighted by Crippen LogP contribution is -2.25. The van der Waals surface area contributed by atoms with Gasteiger partial charge in [0.25, 0.3) is 5.78 Å². The smallest absolute Gasteiger partial charge is 0.454 e. The number of aliphatic hydroxyl groups is 1. The predicted octanol–water partition coefficient (Wildman–Crippen LogP) is 3.41. The van der Waals surface area contributed by atoms with Crippen molar-refractivity contribution in [1.29, 1.82) is 0 Å². The Bertz CT molecular complexity index is 532. The average molecular weight is 307 g/mol. The van der Waals surface area contributed by atoms with Gasteiger partial charge in [-0.15, -0.1) is 0 Å². The summed E-state index contributed by atoms with van der Waals surface area (Å²) in [5, 5.41) is 9.61. The maximum Gasteiger partial charge on any atom is 0.454 e. The number of benzene rings is 1. The highest BCUT2D eigenvalue weighted by Crippen LogP contribution is 2.36. The van der Waals surface area contributed by atoms with Crippen molar-refractivity contribution in [3.63, 3.8) is 0 Å². The number of carbonyl (C=O) groups is 1. The minimum absolute atomic E-state index is 0.195. The summed E-state index contributed by atoms with van der Waals surface area (Å²) < 4.78 is 37.5. The number of allylic oxidation sites excluding steroid dienone is 1. The third-order valence-electron chi connectivity index (χ3n) is 2.51. The summed E-state index contributed by atoms with van der Waals surface area (Å²) >= 11 is 3.17. The first-order chi connectivity index (χ1) is 7.80. The van der Waals surface area contributed by atoms with E-state index in [2.05, 4.69) is 15.9 Å². The third kappa shape index (κ3) is 2.09. The van der Waals surface area contributed by atoms with Crippen molar-refractivity contribution < 1.29 is 23.1 Å². The first-order valence-electron chi connectivity index (χ1n) is 4.63. The van der Waals surface area contributed by atoms with Gasteiger partial charge in [0.15, 0.2) is 0 Å². The van der Waals surface area contributed by atoms with Crippen LogP contribution in [-0.4, -0.2) is 17.1 Å². The van der Waals surface area contributed by atoms with Crippen LogP contribution < -0.4 is 0 Å². The molecule has 1 aromatic carbocycles. The van der Waals surface area contributed by atoms with Crippen molar-refractivity contribution in [3.05, 3.63) is 39.4 Å². The zero-order valence-electron chi connectivity index (χ0n) is 8.31. The topological polar surface area (TPSA) is 37.3 Å².